The van der Waals surface area contributed by atoms with Crippen LogP contribution in [0.5, 0.6) is 0 Å². The first-order valence-corrected chi connectivity index (χ1v) is 6.80. The summed E-state index contributed by atoms with van der Waals surface area (Å²) < 4.78 is 18.8. The summed E-state index contributed by atoms with van der Waals surface area (Å²) in [5, 5.41) is 9.11. The molecule has 0 saturated carbocycles. The smallest absolute Gasteiger partial charge is 0.254 e. The van der Waals surface area contributed by atoms with Crippen LogP contribution in [0.15, 0.2) is 22.7 Å². The maximum atomic E-state index is 13.2. The number of ether oxygens (including phenoxy) is 1. The summed E-state index contributed by atoms with van der Waals surface area (Å²) in [5.74, 6) is -0.588. The van der Waals surface area contributed by atoms with Crippen LogP contribution in [0, 0.1) is 5.82 Å². The SMILES string of the molecule is C[C@H]1CO[C@@H](CO)CN1C(=O)c1ccc(F)c(Br)c1. The Hall–Kier alpha value is -0.980. The van der Waals surface area contributed by atoms with E-state index in [-0.39, 0.29) is 29.1 Å². The van der Waals surface area contributed by atoms with E-state index in [2.05, 4.69) is 15.9 Å². The molecule has 1 saturated heterocycles. The molecule has 0 aromatic heterocycles. The first kappa shape index (κ1) is 14.4. The van der Waals surface area contributed by atoms with Crippen molar-refractivity contribution in [3.8, 4) is 0 Å². The second kappa shape index (κ2) is 5.98. The second-order valence-corrected chi connectivity index (χ2v) is 5.43. The molecular weight excluding hydrogens is 317 g/mol. The van der Waals surface area contributed by atoms with E-state index < -0.39 is 5.82 Å². The van der Waals surface area contributed by atoms with Crippen molar-refractivity contribution in [2.75, 3.05) is 19.8 Å². The second-order valence-electron chi connectivity index (χ2n) is 4.57. The van der Waals surface area contributed by atoms with Gasteiger partial charge in [0.15, 0.2) is 0 Å². The molecular formula is C13H15BrFNO3. The Bertz CT molecular complexity index is 483. The third-order valence-corrected chi connectivity index (χ3v) is 3.74. The number of benzene rings is 1. The number of nitrogens with zero attached hydrogens (tertiary/aromatic N) is 1. The van der Waals surface area contributed by atoms with E-state index >= 15 is 0 Å². The Morgan fingerprint density at radius 2 is 2.37 bits per heavy atom. The van der Waals surface area contributed by atoms with Gasteiger partial charge in [0.05, 0.1) is 29.8 Å². The minimum Gasteiger partial charge on any atom is -0.394 e. The van der Waals surface area contributed by atoms with E-state index in [9.17, 15) is 9.18 Å². The highest BCUT2D eigenvalue weighted by atomic mass is 79.9. The van der Waals surface area contributed by atoms with Gasteiger partial charge in [0.25, 0.3) is 5.91 Å². The van der Waals surface area contributed by atoms with Gasteiger partial charge in [-0.15, -0.1) is 0 Å². The molecule has 1 aromatic rings. The van der Waals surface area contributed by atoms with Crippen molar-refractivity contribution in [1.29, 1.82) is 0 Å². The molecule has 4 nitrogen and oxygen atoms in total. The van der Waals surface area contributed by atoms with E-state index in [1.807, 2.05) is 6.92 Å². The zero-order valence-corrected chi connectivity index (χ0v) is 12.1. The summed E-state index contributed by atoms with van der Waals surface area (Å²) in [6, 6.07) is 4.11. The summed E-state index contributed by atoms with van der Waals surface area (Å²) >= 11 is 3.07. The van der Waals surface area contributed by atoms with Gasteiger partial charge in [-0.05, 0) is 41.1 Å². The number of morpholine rings is 1. The van der Waals surface area contributed by atoms with Crippen LogP contribution in [0.2, 0.25) is 0 Å². The van der Waals surface area contributed by atoms with Crippen LogP contribution in [-0.4, -0.2) is 47.8 Å². The Labute approximate surface area is 119 Å². The van der Waals surface area contributed by atoms with Gasteiger partial charge in [0.2, 0.25) is 0 Å². The van der Waals surface area contributed by atoms with Crippen LogP contribution in [0.4, 0.5) is 4.39 Å². The zero-order valence-electron chi connectivity index (χ0n) is 10.5. The van der Waals surface area contributed by atoms with Gasteiger partial charge in [-0.3, -0.25) is 4.79 Å². The van der Waals surface area contributed by atoms with Gasteiger partial charge in [-0.1, -0.05) is 0 Å². The van der Waals surface area contributed by atoms with E-state index in [0.29, 0.717) is 18.7 Å². The molecule has 19 heavy (non-hydrogen) atoms. The Kier molecular flexibility index (Phi) is 4.54. The summed E-state index contributed by atoms with van der Waals surface area (Å²) in [7, 11) is 0. The number of aliphatic hydroxyl groups is 1. The largest absolute Gasteiger partial charge is 0.394 e. The van der Waals surface area contributed by atoms with Crippen LogP contribution in [0.3, 0.4) is 0 Å². The van der Waals surface area contributed by atoms with Gasteiger partial charge in [0.1, 0.15) is 5.82 Å². The Morgan fingerprint density at radius 1 is 1.63 bits per heavy atom. The van der Waals surface area contributed by atoms with E-state index in [1.165, 1.54) is 18.2 Å². The van der Waals surface area contributed by atoms with Crippen LogP contribution in [-0.2, 0) is 4.74 Å². The number of hydrogen-bond donors (Lipinski definition) is 1. The highest BCUT2D eigenvalue weighted by molar-refractivity contribution is 9.10. The van der Waals surface area contributed by atoms with Gasteiger partial charge in [-0.25, -0.2) is 4.39 Å². The zero-order chi connectivity index (χ0) is 14.0. The molecule has 0 spiro atoms. The molecule has 1 aliphatic heterocycles. The molecule has 1 aliphatic rings. The number of carbonyl (C=O) groups excluding carboxylic acids is 1. The van der Waals surface area contributed by atoms with Crippen molar-refractivity contribution in [3.63, 3.8) is 0 Å². The fourth-order valence-corrected chi connectivity index (χ4v) is 2.38. The minimum absolute atomic E-state index is 0.0703. The molecule has 1 heterocycles. The highest BCUT2D eigenvalue weighted by Gasteiger charge is 2.30. The van der Waals surface area contributed by atoms with Gasteiger partial charge >= 0.3 is 0 Å². The van der Waals surface area contributed by atoms with Crippen LogP contribution >= 0.6 is 15.9 Å². The lowest BCUT2D eigenvalue weighted by molar-refractivity contribution is -0.0667. The van der Waals surface area contributed by atoms with Crippen LogP contribution in [0.25, 0.3) is 0 Å². The van der Waals surface area contributed by atoms with Crippen LogP contribution < -0.4 is 0 Å². The molecule has 104 valence electrons. The van der Waals surface area contributed by atoms with Gasteiger partial charge < -0.3 is 14.7 Å². The monoisotopic (exact) mass is 331 g/mol. The van der Waals surface area contributed by atoms with Crippen molar-refractivity contribution >= 4 is 21.8 Å². The molecule has 2 atom stereocenters. The molecule has 1 N–H and O–H groups in total. The highest BCUT2D eigenvalue weighted by Crippen LogP contribution is 2.20. The average Bonchev–Trinajstić information content (AvgIpc) is 2.41. The summed E-state index contributed by atoms with van der Waals surface area (Å²) in [5.41, 5.74) is 0.415. The third kappa shape index (κ3) is 3.13. The van der Waals surface area contributed by atoms with Crippen LogP contribution in [0.1, 0.15) is 17.3 Å². The predicted molar refractivity (Wildman–Crippen MR) is 71.4 cm³/mol. The fraction of sp³-hybridized carbons (Fsp3) is 0.462. The summed E-state index contributed by atoms with van der Waals surface area (Å²) in [6.07, 6.45) is -0.357. The topological polar surface area (TPSA) is 49.8 Å². The molecule has 0 bridgehead atoms. The summed E-state index contributed by atoms with van der Waals surface area (Å²) in [6.45, 7) is 2.48. The molecule has 0 unspecified atom stereocenters. The minimum atomic E-state index is -0.403. The molecule has 1 aromatic carbocycles. The Morgan fingerprint density at radius 3 is 3.00 bits per heavy atom. The number of amides is 1. The standard InChI is InChI=1S/C13H15BrFNO3/c1-8-7-19-10(6-17)5-16(8)13(18)9-2-3-12(15)11(14)4-9/h2-4,8,10,17H,5-7H2,1H3/t8-,10+/m0/s1. The van der Waals surface area contributed by atoms with Crippen molar-refractivity contribution in [1.82, 2.24) is 4.90 Å². The lowest BCUT2D eigenvalue weighted by Gasteiger charge is -2.37. The third-order valence-electron chi connectivity index (χ3n) is 3.14. The number of hydrogen-bond acceptors (Lipinski definition) is 3. The molecule has 1 fully saturated rings. The van der Waals surface area contributed by atoms with Gasteiger partial charge in [0, 0.05) is 12.1 Å². The molecule has 2 rings (SSSR count). The Balaban J connectivity index is 2.19. The summed E-state index contributed by atoms with van der Waals surface area (Å²) in [4.78, 5) is 14.0. The maximum absolute atomic E-state index is 13.2. The number of halogens is 2. The fourth-order valence-electron chi connectivity index (χ4n) is 2.01. The van der Waals surface area contributed by atoms with E-state index in [0.717, 1.165) is 0 Å². The predicted octanol–water partition coefficient (Wildman–Crippen LogP) is 1.81. The maximum Gasteiger partial charge on any atom is 0.254 e. The molecule has 0 radical (unpaired) electrons. The first-order valence-electron chi connectivity index (χ1n) is 6.01. The lowest BCUT2D eigenvalue weighted by Crippen LogP contribution is -2.52. The average molecular weight is 332 g/mol. The molecule has 1 amide bonds. The van der Waals surface area contributed by atoms with Crippen molar-refractivity contribution in [2.45, 2.75) is 19.1 Å². The number of carbonyl (C=O) groups is 1. The van der Waals surface area contributed by atoms with Crippen molar-refractivity contribution < 1.29 is 19.0 Å². The van der Waals surface area contributed by atoms with Crippen molar-refractivity contribution in [2.24, 2.45) is 0 Å². The van der Waals surface area contributed by atoms with E-state index in [1.54, 1.807) is 4.90 Å². The lowest BCUT2D eigenvalue weighted by atomic mass is 10.1. The quantitative estimate of drug-likeness (QED) is 0.899. The number of rotatable bonds is 2. The first-order chi connectivity index (χ1) is 9.02. The van der Waals surface area contributed by atoms with Crippen molar-refractivity contribution in [3.05, 3.63) is 34.1 Å². The van der Waals surface area contributed by atoms with Gasteiger partial charge in [-0.2, -0.15) is 0 Å². The van der Waals surface area contributed by atoms with E-state index in [4.69, 9.17) is 9.84 Å². The molecule has 0 aliphatic carbocycles. The normalized spacial score (nSPS) is 23.5. The molecule has 6 heteroatoms. The number of aliphatic hydroxyl groups excluding tert-OH is 1.